The molecule has 4 N–H and O–H groups in total. The van der Waals surface area contributed by atoms with Gasteiger partial charge in [0.2, 0.25) is 5.60 Å². The van der Waals surface area contributed by atoms with Crippen molar-refractivity contribution in [3.63, 3.8) is 0 Å². The van der Waals surface area contributed by atoms with Gasteiger partial charge in [-0.1, -0.05) is 6.92 Å². The Labute approximate surface area is 146 Å². The zero-order chi connectivity index (χ0) is 20.9. The van der Waals surface area contributed by atoms with Gasteiger partial charge in [0, 0.05) is 6.42 Å². The van der Waals surface area contributed by atoms with E-state index in [0.29, 0.717) is 0 Å². The van der Waals surface area contributed by atoms with Crippen LogP contribution in [0.2, 0.25) is 0 Å². The van der Waals surface area contributed by atoms with E-state index >= 15 is 0 Å². The van der Waals surface area contributed by atoms with Crippen molar-refractivity contribution in [2.75, 3.05) is 6.56 Å². The Morgan fingerprint density at radius 3 is 3.20 bits per heavy atom. The lowest BCUT2D eigenvalue weighted by molar-refractivity contribution is -0.150. The molecule has 3 heterocycles. The highest BCUT2D eigenvalue weighted by atomic mass is 16.6. The normalized spacial score (nSPS) is 31.1. The highest BCUT2D eigenvalue weighted by Crippen LogP contribution is 2.39. The van der Waals surface area contributed by atoms with Crippen LogP contribution in [0.1, 0.15) is 23.2 Å². The number of H-pyrrole nitrogens is 1. The summed E-state index contributed by atoms with van der Waals surface area (Å²) in [6, 6.07) is 2.66. The molecule has 132 valence electrons. The second-order valence-electron chi connectivity index (χ2n) is 5.36. The van der Waals surface area contributed by atoms with Crippen LogP contribution >= 0.6 is 0 Å². The molecule has 2 aromatic heterocycles. The molecule has 2 aromatic rings. The van der Waals surface area contributed by atoms with E-state index in [0.717, 1.165) is 16.9 Å². The fourth-order valence-electron chi connectivity index (χ4n) is 2.58. The number of aromatic nitrogens is 3. The first-order chi connectivity index (χ1) is 13.1. The van der Waals surface area contributed by atoms with Gasteiger partial charge in [-0.05, 0) is 12.1 Å². The number of nitriles is 1. The zero-order valence-corrected chi connectivity index (χ0v) is 13.1. The van der Waals surface area contributed by atoms with E-state index in [4.69, 9.17) is 14.3 Å². The number of hydrogen-bond acceptors (Lipinski definition) is 8. The first kappa shape index (κ1) is 13.5. The Balaban J connectivity index is 2.13. The Bertz CT molecular complexity index is 1030. The second-order valence-corrected chi connectivity index (χ2v) is 5.36. The number of nitrogens with one attached hydrogen (secondary N) is 2. The van der Waals surface area contributed by atoms with E-state index in [1.54, 1.807) is 6.07 Å². The SMILES string of the molecule is [2H]c1cc([C@]2(C#N)O[C@H](C([2H])([2H])OC(=O)CC)[C@@H](O)[C@H]2O)n2[nH]cnc(=N)c12. The van der Waals surface area contributed by atoms with Gasteiger partial charge < -0.3 is 19.7 Å². The number of nitrogens with zero attached hydrogens (tertiary/aromatic N) is 3. The van der Waals surface area contributed by atoms with Crippen LogP contribution in [0, 0.1) is 16.7 Å². The van der Waals surface area contributed by atoms with Crippen LogP contribution in [0.15, 0.2) is 18.4 Å². The molecule has 0 aliphatic carbocycles. The second kappa shape index (κ2) is 6.29. The van der Waals surface area contributed by atoms with Crippen molar-refractivity contribution in [3.05, 3.63) is 29.6 Å². The van der Waals surface area contributed by atoms with Gasteiger partial charge in [0.15, 0.2) is 5.49 Å². The summed E-state index contributed by atoms with van der Waals surface area (Å²) >= 11 is 0. The highest BCUT2D eigenvalue weighted by molar-refractivity contribution is 5.68. The lowest BCUT2D eigenvalue weighted by Gasteiger charge is -2.24. The maximum absolute atomic E-state index is 11.5. The number of carbonyl (C=O) groups is 1. The number of aliphatic hydroxyl groups excluding tert-OH is 2. The van der Waals surface area contributed by atoms with Gasteiger partial charge in [-0.2, -0.15) is 5.26 Å². The molecular weight excluding hydrogens is 330 g/mol. The van der Waals surface area contributed by atoms with E-state index in [-0.39, 0.29) is 29.2 Å². The van der Waals surface area contributed by atoms with E-state index in [1.807, 2.05) is 0 Å². The van der Waals surface area contributed by atoms with Crippen molar-refractivity contribution in [2.24, 2.45) is 0 Å². The molecule has 0 bridgehead atoms. The van der Waals surface area contributed by atoms with Crippen LogP contribution in [0.5, 0.6) is 0 Å². The highest BCUT2D eigenvalue weighted by Gasteiger charge is 2.57. The molecular formula is C15H17N5O5. The monoisotopic (exact) mass is 350 g/mol. The molecule has 0 spiro atoms. The number of fused-ring (bicyclic) bond motifs is 1. The maximum atomic E-state index is 11.5. The van der Waals surface area contributed by atoms with Gasteiger partial charge in [-0.15, -0.1) is 0 Å². The number of aliphatic hydroxyl groups is 2. The van der Waals surface area contributed by atoms with Crippen molar-refractivity contribution in [1.29, 1.82) is 10.7 Å². The molecule has 10 heteroatoms. The molecule has 1 aliphatic heterocycles. The summed E-state index contributed by atoms with van der Waals surface area (Å²) in [7, 11) is 0. The topological polar surface area (TPSA) is 157 Å². The Morgan fingerprint density at radius 1 is 1.76 bits per heavy atom. The van der Waals surface area contributed by atoms with Crippen LogP contribution in [-0.2, 0) is 19.9 Å². The predicted molar refractivity (Wildman–Crippen MR) is 80.8 cm³/mol. The van der Waals surface area contributed by atoms with Gasteiger partial charge >= 0.3 is 5.97 Å². The molecule has 1 saturated heterocycles. The number of esters is 1. The van der Waals surface area contributed by atoms with E-state index in [9.17, 15) is 20.3 Å². The van der Waals surface area contributed by atoms with Crippen LogP contribution in [0.25, 0.3) is 5.52 Å². The lowest BCUT2D eigenvalue weighted by Crippen LogP contribution is -2.41. The van der Waals surface area contributed by atoms with Crippen LogP contribution in [-0.4, -0.2) is 55.7 Å². The van der Waals surface area contributed by atoms with Crippen molar-refractivity contribution < 1.29 is 28.6 Å². The summed E-state index contributed by atoms with van der Waals surface area (Å²) in [4.78, 5) is 15.2. The Hall–Kier alpha value is -2.74. The minimum absolute atomic E-state index is 0.0127. The number of carbonyl (C=O) groups excluding carboxylic acids is 1. The summed E-state index contributed by atoms with van der Waals surface area (Å²) in [5, 5.41) is 41.1. The van der Waals surface area contributed by atoms with Crippen molar-refractivity contribution in [1.82, 2.24) is 14.6 Å². The van der Waals surface area contributed by atoms with Crippen LogP contribution in [0.3, 0.4) is 0 Å². The third-order valence-corrected chi connectivity index (χ3v) is 3.90. The molecule has 0 unspecified atom stereocenters. The van der Waals surface area contributed by atoms with Gasteiger partial charge in [0.05, 0.1) is 9.81 Å². The summed E-state index contributed by atoms with van der Waals surface area (Å²) < 4.78 is 35.1. The standard InChI is InChI=1S/C15H17N5O5/c1-2-11(21)24-5-9-12(22)13(23)15(6-16,25-9)10-4-3-8-14(17)18-7-19-20(8)10/h3-4,7,9,12-13,22-23H,2,5H2,1H3,(H2,17,18,19)/t9-,12-,13-,15+/m1/s1/i3D,5D2. The van der Waals surface area contributed by atoms with Gasteiger partial charge in [0.25, 0.3) is 0 Å². The van der Waals surface area contributed by atoms with Gasteiger partial charge in [-0.25, -0.2) is 4.98 Å². The Kier molecular flexibility index (Phi) is 3.40. The van der Waals surface area contributed by atoms with E-state index in [2.05, 4.69) is 14.8 Å². The summed E-state index contributed by atoms with van der Waals surface area (Å²) in [6.45, 7) is -1.39. The Morgan fingerprint density at radius 2 is 2.52 bits per heavy atom. The molecule has 1 aliphatic rings. The molecule has 10 nitrogen and oxygen atoms in total. The van der Waals surface area contributed by atoms with Crippen LogP contribution < -0.4 is 5.49 Å². The molecule has 0 saturated carbocycles. The average Bonchev–Trinajstić information content (AvgIpc) is 3.12. The van der Waals surface area contributed by atoms with Crippen LogP contribution in [0.4, 0.5) is 0 Å². The smallest absolute Gasteiger partial charge is 0.305 e. The molecule has 1 fully saturated rings. The number of rotatable bonds is 4. The van der Waals surface area contributed by atoms with Crippen molar-refractivity contribution >= 4 is 11.5 Å². The summed E-state index contributed by atoms with van der Waals surface area (Å²) in [5.41, 5.74) is -2.73. The number of ether oxygens (including phenoxy) is 2. The first-order valence-electron chi connectivity index (χ1n) is 8.87. The molecule has 4 atom stereocenters. The van der Waals surface area contributed by atoms with E-state index < -0.39 is 36.4 Å². The van der Waals surface area contributed by atoms with Gasteiger partial charge in [0.1, 0.15) is 42.8 Å². The molecule has 3 rings (SSSR count). The zero-order valence-electron chi connectivity index (χ0n) is 16.1. The molecule has 25 heavy (non-hydrogen) atoms. The summed E-state index contributed by atoms with van der Waals surface area (Å²) in [5.74, 6) is -0.899. The average molecular weight is 350 g/mol. The van der Waals surface area contributed by atoms with Crippen molar-refractivity contribution in [2.45, 2.75) is 37.3 Å². The molecule has 0 amide bonds. The summed E-state index contributed by atoms with van der Waals surface area (Å²) in [6.07, 6.45) is -4.74. The third kappa shape index (κ3) is 2.58. The first-order valence-corrected chi connectivity index (χ1v) is 7.37. The minimum atomic E-state index is -2.84. The fraction of sp³-hybridized carbons (Fsp3) is 0.467. The number of aromatic amines is 1. The van der Waals surface area contributed by atoms with E-state index in [1.165, 1.54) is 6.92 Å². The largest absolute Gasteiger partial charge is 0.463 e. The lowest BCUT2D eigenvalue weighted by atomic mass is 9.92. The molecule has 0 aromatic carbocycles. The molecule has 0 radical (unpaired) electrons. The van der Waals surface area contributed by atoms with Gasteiger partial charge in [-0.3, -0.25) is 19.8 Å². The van der Waals surface area contributed by atoms with Crippen molar-refractivity contribution in [3.8, 4) is 6.07 Å². The minimum Gasteiger partial charge on any atom is -0.463 e. The predicted octanol–water partition coefficient (Wildman–Crippen LogP) is -1.07. The fourth-order valence-corrected chi connectivity index (χ4v) is 2.58. The quantitative estimate of drug-likeness (QED) is 0.512. The number of hydrogen-bond donors (Lipinski definition) is 4. The third-order valence-electron chi connectivity index (χ3n) is 3.90. The maximum Gasteiger partial charge on any atom is 0.305 e.